The molecule has 1 aliphatic rings. The normalized spacial score (nSPS) is 23.2. The van der Waals surface area contributed by atoms with Gasteiger partial charge in [0.25, 0.3) is 0 Å². The molecule has 1 aliphatic heterocycles. The summed E-state index contributed by atoms with van der Waals surface area (Å²) < 4.78 is 1.87. The van der Waals surface area contributed by atoms with E-state index < -0.39 is 0 Å². The van der Waals surface area contributed by atoms with Crippen LogP contribution in [0.4, 0.5) is 0 Å². The molecule has 1 aromatic heterocycles. The molecule has 0 bridgehead atoms. The highest BCUT2D eigenvalue weighted by atomic mass is 15.3. The molecule has 2 heterocycles. The van der Waals surface area contributed by atoms with Gasteiger partial charge in [-0.15, -0.1) is 0 Å². The van der Waals surface area contributed by atoms with Gasteiger partial charge in [0, 0.05) is 19.6 Å². The zero-order valence-corrected chi connectivity index (χ0v) is 11.8. The number of piperidine rings is 1. The maximum absolute atomic E-state index is 4.31. The Morgan fingerprint density at radius 1 is 1.56 bits per heavy atom. The molecule has 0 aromatic carbocycles. The maximum Gasteiger partial charge on any atom is 0.140 e. The number of hydrogen-bond donors (Lipinski definition) is 1. The van der Waals surface area contributed by atoms with Crippen LogP contribution in [0.3, 0.4) is 0 Å². The number of aromatic nitrogens is 3. The lowest BCUT2D eigenvalue weighted by Crippen LogP contribution is -2.44. The molecule has 0 radical (unpaired) electrons. The van der Waals surface area contributed by atoms with Gasteiger partial charge < -0.3 is 5.32 Å². The Hall–Kier alpha value is -0.940. The van der Waals surface area contributed by atoms with Crippen LogP contribution in [0.1, 0.15) is 32.5 Å². The molecule has 2 atom stereocenters. The third-order valence-electron chi connectivity index (χ3n) is 3.95. The van der Waals surface area contributed by atoms with Crippen molar-refractivity contribution in [3.8, 4) is 0 Å². The van der Waals surface area contributed by atoms with Gasteiger partial charge in [0.05, 0.1) is 6.54 Å². The Balaban J connectivity index is 1.89. The maximum atomic E-state index is 4.31. The van der Waals surface area contributed by atoms with E-state index in [0.717, 1.165) is 24.8 Å². The van der Waals surface area contributed by atoms with Crippen molar-refractivity contribution in [1.82, 2.24) is 25.0 Å². The van der Waals surface area contributed by atoms with E-state index in [1.54, 1.807) is 6.33 Å². The van der Waals surface area contributed by atoms with Gasteiger partial charge in [0.1, 0.15) is 12.2 Å². The molecule has 2 rings (SSSR count). The Labute approximate surface area is 110 Å². The first kappa shape index (κ1) is 13.5. The standard InChI is InChI=1S/C13H25N5/c1-4-14-11(2)12-6-5-7-18(8-12)9-13-15-10-16-17(13)3/h10-12,14H,4-9H2,1-3H3. The van der Waals surface area contributed by atoms with Crippen molar-refractivity contribution in [2.75, 3.05) is 19.6 Å². The number of aryl methyl sites for hydroxylation is 1. The SMILES string of the molecule is CCNC(C)C1CCCN(Cc2ncnn2C)C1. The third-order valence-corrected chi connectivity index (χ3v) is 3.95. The molecule has 1 fully saturated rings. The Bertz CT molecular complexity index is 362. The number of nitrogens with zero attached hydrogens (tertiary/aromatic N) is 4. The highest BCUT2D eigenvalue weighted by Crippen LogP contribution is 2.20. The van der Waals surface area contributed by atoms with Gasteiger partial charge in [-0.3, -0.25) is 9.58 Å². The smallest absolute Gasteiger partial charge is 0.140 e. The molecule has 1 aromatic rings. The zero-order valence-electron chi connectivity index (χ0n) is 11.8. The predicted octanol–water partition coefficient (Wildman–Crippen LogP) is 1.03. The zero-order chi connectivity index (χ0) is 13.0. The first-order valence-electron chi connectivity index (χ1n) is 6.99. The predicted molar refractivity (Wildman–Crippen MR) is 72.1 cm³/mol. The fourth-order valence-corrected chi connectivity index (χ4v) is 2.79. The second kappa shape index (κ2) is 6.29. The number of rotatable bonds is 5. The lowest BCUT2D eigenvalue weighted by molar-refractivity contribution is 0.141. The van der Waals surface area contributed by atoms with E-state index in [1.165, 1.54) is 25.9 Å². The molecule has 0 spiro atoms. The highest BCUT2D eigenvalue weighted by molar-refractivity contribution is 4.87. The number of nitrogens with one attached hydrogen (secondary N) is 1. The first-order chi connectivity index (χ1) is 8.70. The summed E-state index contributed by atoms with van der Waals surface area (Å²) in [4.78, 5) is 6.82. The average Bonchev–Trinajstić information content (AvgIpc) is 2.76. The summed E-state index contributed by atoms with van der Waals surface area (Å²) in [6, 6.07) is 0.609. The molecule has 0 aliphatic carbocycles. The van der Waals surface area contributed by atoms with Gasteiger partial charge >= 0.3 is 0 Å². The van der Waals surface area contributed by atoms with E-state index in [2.05, 4.69) is 34.1 Å². The van der Waals surface area contributed by atoms with Crippen molar-refractivity contribution >= 4 is 0 Å². The van der Waals surface area contributed by atoms with Gasteiger partial charge in [-0.05, 0) is 38.8 Å². The molecule has 1 N–H and O–H groups in total. The number of likely N-dealkylation sites (tertiary alicyclic amines) is 1. The lowest BCUT2D eigenvalue weighted by atomic mass is 9.91. The second-order valence-electron chi connectivity index (χ2n) is 5.28. The Kier molecular flexibility index (Phi) is 4.72. The van der Waals surface area contributed by atoms with Gasteiger partial charge in [-0.2, -0.15) is 5.10 Å². The van der Waals surface area contributed by atoms with Crippen molar-refractivity contribution < 1.29 is 0 Å². The van der Waals surface area contributed by atoms with E-state index in [1.807, 2.05) is 11.7 Å². The molecule has 0 saturated carbocycles. The fourth-order valence-electron chi connectivity index (χ4n) is 2.79. The molecule has 18 heavy (non-hydrogen) atoms. The van der Waals surface area contributed by atoms with Crippen molar-refractivity contribution in [3.63, 3.8) is 0 Å². The van der Waals surface area contributed by atoms with E-state index in [9.17, 15) is 0 Å². The van der Waals surface area contributed by atoms with Crippen LogP contribution >= 0.6 is 0 Å². The van der Waals surface area contributed by atoms with Crippen molar-refractivity contribution in [2.45, 2.75) is 39.3 Å². The second-order valence-corrected chi connectivity index (χ2v) is 5.28. The molecular formula is C13H25N5. The molecule has 1 saturated heterocycles. The van der Waals surface area contributed by atoms with Gasteiger partial charge in [0.15, 0.2) is 0 Å². The van der Waals surface area contributed by atoms with E-state index in [0.29, 0.717) is 6.04 Å². The van der Waals surface area contributed by atoms with E-state index in [-0.39, 0.29) is 0 Å². The summed E-state index contributed by atoms with van der Waals surface area (Å²) in [6.45, 7) is 8.81. The van der Waals surface area contributed by atoms with Crippen LogP contribution in [0.2, 0.25) is 0 Å². The van der Waals surface area contributed by atoms with E-state index >= 15 is 0 Å². The van der Waals surface area contributed by atoms with Crippen molar-refractivity contribution in [2.24, 2.45) is 13.0 Å². The summed E-state index contributed by atoms with van der Waals surface area (Å²) in [7, 11) is 1.96. The van der Waals surface area contributed by atoms with Crippen LogP contribution in [0.25, 0.3) is 0 Å². The van der Waals surface area contributed by atoms with Crippen molar-refractivity contribution in [3.05, 3.63) is 12.2 Å². The fraction of sp³-hybridized carbons (Fsp3) is 0.846. The monoisotopic (exact) mass is 251 g/mol. The van der Waals surface area contributed by atoms with Crippen LogP contribution < -0.4 is 5.32 Å². The minimum atomic E-state index is 0.609. The lowest BCUT2D eigenvalue weighted by Gasteiger charge is -2.35. The molecule has 0 amide bonds. The van der Waals surface area contributed by atoms with E-state index in [4.69, 9.17) is 0 Å². The van der Waals surface area contributed by atoms with Gasteiger partial charge in [-0.25, -0.2) is 4.98 Å². The molecule has 5 nitrogen and oxygen atoms in total. The van der Waals surface area contributed by atoms with Crippen LogP contribution in [-0.4, -0.2) is 45.3 Å². The largest absolute Gasteiger partial charge is 0.314 e. The Morgan fingerprint density at radius 3 is 3.06 bits per heavy atom. The quantitative estimate of drug-likeness (QED) is 0.849. The van der Waals surface area contributed by atoms with Crippen LogP contribution in [0, 0.1) is 5.92 Å². The summed E-state index contributed by atoms with van der Waals surface area (Å²) >= 11 is 0. The van der Waals surface area contributed by atoms with Crippen LogP contribution in [0.5, 0.6) is 0 Å². The minimum absolute atomic E-state index is 0.609. The number of hydrogen-bond acceptors (Lipinski definition) is 4. The Morgan fingerprint density at radius 2 is 2.39 bits per heavy atom. The van der Waals surface area contributed by atoms with Crippen LogP contribution in [-0.2, 0) is 13.6 Å². The van der Waals surface area contributed by atoms with Crippen LogP contribution in [0.15, 0.2) is 6.33 Å². The highest BCUT2D eigenvalue weighted by Gasteiger charge is 2.24. The third kappa shape index (κ3) is 3.29. The summed E-state index contributed by atoms with van der Waals surface area (Å²) in [6.07, 6.45) is 4.26. The first-order valence-corrected chi connectivity index (χ1v) is 6.99. The van der Waals surface area contributed by atoms with Gasteiger partial charge in [-0.1, -0.05) is 6.92 Å². The topological polar surface area (TPSA) is 46.0 Å². The molecular weight excluding hydrogens is 226 g/mol. The minimum Gasteiger partial charge on any atom is -0.314 e. The molecule has 2 unspecified atom stereocenters. The van der Waals surface area contributed by atoms with Crippen molar-refractivity contribution in [1.29, 1.82) is 0 Å². The average molecular weight is 251 g/mol. The van der Waals surface area contributed by atoms with Gasteiger partial charge in [0.2, 0.25) is 0 Å². The molecule has 5 heteroatoms. The summed E-state index contributed by atoms with van der Waals surface area (Å²) in [5.41, 5.74) is 0. The summed E-state index contributed by atoms with van der Waals surface area (Å²) in [5, 5.41) is 7.68. The summed E-state index contributed by atoms with van der Waals surface area (Å²) in [5.74, 6) is 1.82. The molecule has 102 valence electrons.